The zero-order valence-electron chi connectivity index (χ0n) is 16.0. The zero-order valence-corrected chi connectivity index (χ0v) is 16.0. The van der Waals surface area contributed by atoms with E-state index in [4.69, 9.17) is 10.1 Å². The van der Waals surface area contributed by atoms with E-state index in [0.29, 0.717) is 6.04 Å². The highest BCUT2D eigenvalue weighted by Gasteiger charge is 2.26. The molecule has 3 aromatic heterocycles. The largest absolute Gasteiger partial charge is 0.352 e. The maximum atomic E-state index is 5.02. The van der Waals surface area contributed by atoms with Crippen LogP contribution in [0.5, 0.6) is 0 Å². The second-order valence-corrected chi connectivity index (χ2v) is 8.04. The van der Waals surface area contributed by atoms with E-state index in [1.165, 1.54) is 18.4 Å². The summed E-state index contributed by atoms with van der Waals surface area (Å²) in [6, 6.07) is 6.90. The van der Waals surface area contributed by atoms with Crippen LogP contribution in [0.3, 0.4) is 0 Å². The molecule has 2 aliphatic rings. The van der Waals surface area contributed by atoms with E-state index in [1.807, 2.05) is 25.4 Å². The minimum Gasteiger partial charge on any atom is -0.352 e. The van der Waals surface area contributed by atoms with Crippen molar-refractivity contribution >= 4 is 11.5 Å². The van der Waals surface area contributed by atoms with Gasteiger partial charge in [-0.1, -0.05) is 0 Å². The maximum Gasteiger partial charge on any atom is 0.157 e. The number of fused-ring (bicyclic) bond motifs is 1. The van der Waals surface area contributed by atoms with Gasteiger partial charge in [0.1, 0.15) is 5.82 Å². The van der Waals surface area contributed by atoms with Crippen LogP contribution in [0.25, 0.3) is 16.9 Å². The Balaban J connectivity index is 1.63. The highest BCUT2D eigenvalue weighted by atomic mass is 15.3. The van der Waals surface area contributed by atoms with Crippen molar-refractivity contribution in [2.24, 2.45) is 5.92 Å². The highest BCUT2D eigenvalue weighted by Crippen LogP contribution is 2.35. The molecule has 1 aliphatic carbocycles. The number of aromatic nitrogens is 4. The van der Waals surface area contributed by atoms with Crippen molar-refractivity contribution < 1.29 is 0 Å². The summed E-state index contributed by atoms with van der Waals surface area (Å²) in [7, 11) is 0. The molecule has 6 nitrogen and oxygen atoms in total. The minimum absolute atomic E-state index is 0.480. The Morgan fingerprint density at radius 1 is 1.22 bits per heavy atom. The van der Waals surface area contributed by atoms with Crippen LogP contribution in [0, 0.1) is 12.8 Å². The Hall–Kier alpha value is -2.47. The lowest BCUT2D eigenvalue weighted by Gasteiger charge is -2.33. The number of aryl methyl sites for hydroxylation is 1. The third-order valence-electron chi connectivity index (χ3n) is 5.62. The molecular weight excluding hydrogens is 336 g/mol. The van der Waals surface area contributed by atoms with Crippen molar-refractivity contribution in [1.29, 1.82) is 0 Å². The van der Waals surface area contributed by atoms with E-state index >= 15 is 0 Å². The molecule has 6 heteroatoms. The molecule has 3 aromatic rings. The molecule has 1 N–H and O–H groups in total. The summed E-state index contributed by atoms with van der Waals surface area (Å²) in [5.41, 5.74) is 5.49. The highest BCUT2D eigenvalue weighted by molar-refractivity contribution is 5.66. The van der Waals surface area contributed by atoms with Crippen molar-refractivity contribution in [2.45, 2.75) is 39.2 Å². The Bertz CT molecular complexity index is 974. The molecule has 4 heterocycles. The van der Waals surface area contributed by atoms with E-state index in [2.05, 4.69) is 38.8 Å². The van der Waals surface area contributed by atoms with Crippen LogP contribution in [0.15, 0.2) is 30.6 Å². The summed E-state index contributed by atoms with van der Waals surface area (Å²) in [4.78, 5) is 11.5. The quantitative estimate of drug-likeness (QED) is 0.773. The topological polar surface area (TPSA) is 58.4 Å². The first-order valence-corrected chi connectivity index (χ1v) is 9.96. The van der Waals surface area contributed by atoms with E-state index in [1.54, 1.807) is 0 Å². The normalized spacial score (nSPS) is 20.4. The average molecular weight is 362 g/mol. The van der Waals surface area contributed by atoms with E-state index < -0.39 is 0 Å². The zero-order chi connectivity index (χ0) is 18.4. The molecule has 1 aliphatic heterocycles. The van der Waals surface area contributed by atoms with Crippen LogP contribution in [0.2, 0.25) is 0 Å². The van der Waals surface area contributed by atoms with Gasteiger partial charge in [-0.05, 0) is 57.2 Å². The summed E-state index contributed by atoms with van der Waals surface area (Å²) in [6.45, 7) is 7.23. The first-order valence-electron chi connectivity index (χ1n) is 9.96. The van der Waals surface area contributed by atoms with Crippen molar-refractivity contribution in [1.82, 2.24) is 24.9 Å². The lowest BCUT2D eigenvalue weighted by Crippen LogP contribution is -2.49. The summed E-state index contributed by atoms with van der Waals surface area (Å²) in [5.74, 6) is 1.88. The summed E-state index contributed by atoms with van der Waals surface area (Å²) >= 11 is 0. The molecule has 1 saturated heterocycles. The number of imidazole rings is 1. The molecule has 2 fully saturated rings. The van der Waals surface area contributed by atoms with Crippen LogP contribution in [-0.2, 0) is 6.42 Å². The van der Waals surface area contributed by atoms with Gasteiger partial charge < -0.3 is 10.2 Å². The van der Waals surface area contributed by atoms with Gasteiger partial charge in [-0.15, -0.1) is 5.10 Å². The van der Waals surface area contributed by atoms with Crippen LogP contribution in [0.1, 0.15) is 31.0 Å². The number of nitrogens with one attached hydrogen (secondary N) is 1. The molecule has 5 rings (SSSR count). The lowest BCUT2D eigenvalue weighted by molar-refractivity contribution is 0.480. The molecule has 1 atom stereocenters. The standard InChI is InChI=1S/C21H26N6/c1-14-9-17(5-6-22-14)19-12-24-21-18(10-16-3-4-16)11-20(25-27(19)21)26-8-7-23-15(2)13-26/h5-6,9,11-12,15-16,23H,3-4,7-8,10,13H2,1-2H3/t15-/m1/s1. The van der Waals surface area contributed by atoms with Gasteiger partial charge in [-0.25, -0.2) is 9.50 Å². The molecular formula is C21H26N6. The average Bonchev–Trinajstić information content (AvgIpc) is 3.37. The predicted molar refractivity (Wildman–Crippen MR) is 107 cm³/mol. The molecule has 0 spiro atoms. The fraction of sp³-hybridized carbons (Fsp3) is 0.476. The number of rotatable bonds is 4. The van der Waals surface area contributed by atoms with Crippen molar-refractivity contribution in [3.8, 4) is 11.3 Å². The summed E-state index contributed by atoms with van der Waals surface area (Å²) in [6.07, 6.45) is 7.60. The molecule has 0 amide bonds. The number of nitrogens with zero attached hydrogens (tertiary/aromatic N) is 5. The van der Waals surface area contributed by atoms with Gasteiger partial charge in [0.2, 0.25) is 0 Å². The predicted octanol–water partition coefficient (Wildman–Crippen LogP) is 2.85. The molecule has 0 aromatic carbocycles. The second-order valence-electron chi connectivity index (χ2n) is 8.04. The monoisotopic (exact) mass is 362 g/mol. The van der Waals surface area contributed by atoms with Crippen LogP contribution in [-0.4, -0.2) is 45.3 Å². The number of pyridine rings is 1. The van der Waals surface area contributed by atoms with Gasteiger partial charge in [0, 0.05) is 48.7 Å². The maximum absolute atomic E-state index is 5.02. The smallest absolute Gasteiger partial charge is 0.157 e. The fourth-order valence-corrected chi connectivity index (χ4v) is 4.00. The van der Waals surface area contributed by atoms with Gasteiger partial charge in [-0.2, -0.15) is 0 Å². The van der Waals surface area contributed by atoms with Gasteiger partial charge in [0.25, 0.3) is 0 Å². The van der Waals surface area contributed by atoms with E-state index in [9.17, 15) is 0 Å². The number of anilines is 1. The molecule has 27 heavy (non-hydrogen) atoms. The molecule has 1 saturated carbocycles. The molecule has 0 bridgehead atoms. The number of hydrogen-bond acceptors (Lipinski definition) is 5. The first-order chi connectivity index (χ1) is 13.2. The third-order valence-corrected chi connectivity index (χ3v) is 5.62. The summed E-state index contributed by atoms with van der Waals surface area (Å²) < 4.78 is 2.05. The fourth-order valence-electron chi connectivity index (χ4n) is 4.00. The van der Waals surface area contributed by atoms with E-state index in [0.717, 1.165) is 60.4 Å². The van der Waals surface area contributed by atoms with Crippen LogP contribution in [0.4, 0.5) is 5.82 Å². The number of piperazine rings is 1. The Labute approximate surface area is 159 Å². The van der Waals surface area contributed by atoms with Gasteiger partial charge >= 0.3 is 0 Å². The van der Waals surface area contributed by atoms with Gasteiger partial charge in [0.15, 0.2) is 5.65 Å². The third kappa shape index (κ3) is 3.30. The van der Waals surface area contributed by atoms with Gasteiger partial charge in [-0.3, -0.25) is 4.98 Å². The van der Waals surface area contributed by atoms with Crippen LogP contribution >= 0.6 is 0 Å². The Kier molecular flexibility index (Phi) is 4.08. The van der Waals surface area contributed by atoms with Crippen molar-refractivity contribution in [2.75, 3.05) is 24.5 Å². The number of hydrogen-bond donors (Lipinski definition) is 1. The SMILES string of the molecule is Cc1cc(-c2cnc3c(CC4CC4)cc(N4CCN[C@H](C)C4)nn23)ccn1. The molecule has 0 radical (unpaired) electrons. The lowest BCUT2D eigenvalue weighted by atomic mass is 10.1. The first kappa shape index (κ1) is 16.7. The van der Waals surface area contributed by atoms with Crippen molar-refractivity contribution in [3.05, 3.63) is 41.9 Å². The van der Waals surface area contributed by atoms with Crippen LogP contribution < -0.4 is 10.2 Å². The van der Waals surface area contributed by atoms with Crippen molar-refractivity contribution in [3.63, 3.8) is 0 Å². The minimum atomic E-state index is 0.480. The Morgan fingerprint density at radius 2 is 2.11 bits per heavy atom. The van der Waals surface area contributed by atoms with Gasteiger partial charge in [0.05, 0.1) is 11.9 Å². The molecule has 0 unspecified atom stereocenters. The second kappa shape index (κ2) is 6.60. The van der Waals surface area contributed by atoms with E-state index in [-0.39, 0.29) is 0 Å². The molecule has 140 valence electrons. The Morgan fingerprint density at radius 3 is 2.89 bits per heavy atom. The summed E-state index contributed by atoms with van der Waals surface area (Å²) in [5, 5.41) is 8.54.